The van der Waals surface area contributed by atoms with Crippen LogP contribution < -0.4 is 11.5 Å². The standard InChI is InChI=1S/C13H17N3O/c14-7-11(15)9-17-8-10-5-6-16-13-4-2-1-3-12(10)13/h1-6,11H,7-9,14-15H2/t11-/m0/s1. The van der Waals surface area contributed by atoms with Gasteiger partial charge in [-0.1, -0.05) is 18.2 Å². The number of rotatable bonds is 5. The summed E-state index contributed by atoms with van der Waals surface area (Å²) in [5.74, 6) is 0. The van der Waals surface area contributed by atoms with Crippen LogP contribution in [0, 0.1) is 0 Å². The second-order valence-corrected chi connectivity index (χ2v) is 4.00. The average molecular weight is 231 g/mol. The van der Waals surface area contributed by atoms with Crippen molar-refractivity contribution in [1.29, 1.82) is 0 Å². The molecule has 90 valence electrons. The van der Waals surface area contributed by atoms with Crippen LogP contribution in [0.1, 0.15) is 5.56 Å². The molecule has 0 amide bonds. The molecular formula is C13H17N3O. The van der Waals surface area contributed by atoms with Gasteiger partial charge in [-0.3, -0.25) is 4.98 Å². The Balaban J connectivity index is 2.08. The van der Waals surface area contributed by atoms with E-state index < -0.39 is 0 Å². The number of para-hydroxylation sites is 1. The van der Waals surface area contributed by atoms with Gasteiger partial charge in [0.05, 0.1) is 18.7 Å². The van der Waals surface area contributed by atoms with Crippen molar-refractivity contribution in [2.75, 3.05) is 13.2 Å². The molecule has 4 heteroatoms. The van der Waals surface area contributed by atoms with Crippen LogP contribution >= 0.6 is 0 Å². The van der Waals surface area contributed by atoms with Gasteiger partial charge in [-0.2, -0.15) is 0 Å². The van der Waals surface area contributed by atoms with Gasteiger partial charge in [-0.05, 0) is 17.7 Å². The van der Waals surface area contributed by atoms with Gasteiger partial charge in [0.15, 0.2) is 0 Å². The van der Waals surface area contributed by atoms with Gasteiger partial charge in [-0.15, -0.1) is 0 Å². The molecule has 0 fully saturated rings. The highest BCUT2D eigenvalue weighted by molar-refractivity contribution is 5.81. The first-order valence-electron chi connectivity index (χ1n) is 5.67. The number of pyridine rings is 1. The molecule has 1 aromatic carbocycles. The molecular weight excluding hydrogens is 214 g/mol. The van der Waals surface area contributed by atoms with Crippen LogP contribution in [0.5, 0.6) is 0 Å². The average Bonchev–Trinajstić information content (AvgIpc) is 2.39. The molecule has 0 radical (unpaired) electrons. The highest BCUT2D eigenvalue weighted by Crippen LogP contribution is 2.16. The zero-order valence-corrected chi connectivity index (χ0v) is 9.67. The Morgan fingerprint density at radius 3 is 2.88 bits per heavy atom. The fourth-order valence-corrected chi connectivity index (χ4v) is 1.67. The van der Waals surface area contributed by atoms with E-state index in [0.717, 1.165) is 16.5 Å². The lowest BCUT2D eigenvalue weighted by Crippen LogP contribution is -2.34. The SMILES string of the molecule is NC[C@H](N)COCc1ccnc2ccccc12. The van der Waals surface area contributed by atoms with Gasteiger partial charge in [0.25, 0.3) is 0 Å². The van der Waals surface area contributed by atoms with Crippen LogP contribution in [0.3, 0.4) is 0 Å². The van der Waals surface area contributed by atoms with Crippen molar-refractivity contribution in [3.8, 4) is 0 Å². The fraction of sp³-hybridized carbons (Fsp3) is 0.308. The molecule has 4 N–H and O–H groups in total. The predicted octanol–water partition coefficient (Wildman–Crippen LogP) is 1.04. The minimum absolute atomic E-state index is 0.0944. The largest absolute Gasteiger partial charge is 0.375 e. The number of hydrogen-bond acceptors (Lipinski definition) is 4. The smallest absolute Gasteiger partial charge is 0.0724 e. The molecule has 0 saturated carbocycles. The van der Waals surface area contributed by atoms with E-state index in [1.165, 1.54) is 0 Å². The number of ether oxygens (including phenoxy) is 1. The van der Waals surface area contributed by atoms with Crippen LogP contribution in [-0.2, 0) is 11.3 Å². The van der Waals surface area contributed by atoms with E-state index in [9.17, 15) is 0 Å². The molecule has 0 aliphatic carbocycles. The van der Waals surface area contributed by atoms with Gasteiger partial charge >= 0.3 is 0 Å². The molecule has 0 spiro atoms. The summed E-state index contributed by atoms with van der Waals surface area (Å²) in [6.45, 7) is 1.46. The van der Waals surface area contributed by atoms with Crippen LogP contribution in [0.2, 0.25) is 0 Å². The van der Waals surface area contributed by atoms with Gasteiger partial charge in [0.2, 0.25) is 0 Å². The number of benzene rings is 1. The van der Waals surface area contributed by atoms with Crippen LogP contribution in [0.15, 0.2) is 36.5 Å². The second kappa shape index (κ2) is 5.72. The lowest BCUT2D eigenvalue weighted by atomic mass is 10.1. The first-order chi connectivity index (χ1) is 8.31. The summed E-state index contributed by atoms with van der Waals surface area (Å²) >= 11 is 0. The topological polar surface area (TPSA) is 74.2 Å². The normalized spacial score (nSPS) is 12.8. The van der Waals surface area contributed by atoms with Crippen molar-refractivity contribution in [2.24, 2.45) is 11.5 Å². The fourth-order valence-electron chi connectivity index (χ4n) is 1.67. The van der Waals surface area contributed by atoms with Gasteiger partial charge in [0.1, 0.15) is 0 Å². The third-order valence-electron chi connectivity index (χ3n) is 2.63. The third-order valence-corrected chi connectivity index (χ3v) is 2.63. The quantitative estimate of drug-likeness (QED) is 0.806. The van der Waals surface area contributed by atoms with E-state index in [2.05, 4.69) is 4.98 Å². The van der Waals surface area contributed by atoms with Gasteiger partial charge < -0.3 is 16.2 Å². The van der Waals surface area contributed by atoms with Crippen molar-refractivity contribution in [3.05, 3.63) is 42.1 Å². The summed E-state index contributed by atoms with van der Waals surface area (Å²) in [6, 6.07) is 9.89. The Morgan fingerprint density at radius 1 is 1.24 bits per heavy atom. The molecule has 1 aromatic heterocycles. The highest BCUT2D eigenvalue weighted by atomic mass is 16.5. The second-order valence-electron chi connectivity index (χ2n) is 4.00. The van der Waals surface area contributed by atoms with Gasteiger partial charge in [0, 0.05) is 24.2 Å². The van der Waals surface area contributed by atoms with Crippen LogP contribution in [0.25, 0.3) is 10.9 Å². The molecule has 1 heterocycles. The van der Waals surface area contributed by atoms with E-state index in [4.69, 9.17) is 16.2 Å². The summed E-state index contributed by atoms with van der Waals surface area (Å²) in [4.78, 5) is 4.30. The number of nitrogens with two attached hydrogens (primary N) is 2. The van der Waals surface area contributed by atoms with Crippen molar-refractivity contribution >= 4 is 10.9 Å². The molecule has 2 aromatic rings. The molecule has 0 saturated heterocycles. The summed E-state index contributed by atoms with van der Waals surface area (Å²) in [5.41, 5.74) is 13.2. The molecule has 17 heavy (non-hydrogen) atoms. The number of fused-ring (bicyclic) bond motifs is 1. The minimum Gasteiger partial charge on any atom is -0.375 e. The van der Waals surface area contributed by atoms with Crippen LogP contribution in [-0.4, -0.2) is 24.2 Å². The third kappa shape index (κ3) is 3.00. The lowest BCUT2D eigenvalue weighted by molar-refractivity contribution is 0.110. The molecule has 0 aliphatic rings. The van der Waals surface area contributed by atoms with E-state index in [-0.39, 0.29) is 6.04 Å². The van der Waals surface area contributed by atoms with Gasteiger partial charge in [-0.25, -0.2) is 0 Å². The Kier molecular flexibility index (Phi) is 4.03. The molecule has 4 nitrogen and oxygen atoms in total. The van der Waals surface area contributed by atoms with E-state index in [1.807, 2.05) is 30.3 Å². The Hall–Kier alpha value is -1.49. The number of hydrogen-bond donors (Lipinski definition) is 2. The number of nitrogens with zero attached hydrogens (tertiary/aromatic N) is 1. The predicted molar refractivity (Wildman–Crippen MR) is 68.4 cm³/mol. The molecule has 2 rings (SSSR count). The molecule has 1 atom stereocenters. The van der Waals surface area contributed by atoms with Crippen molar-refractivity contribution in [3.63, 3.8) is 0 Å². The zero-order chi connectivity index (χ0) is 12.1. The van der Waals surface area contributed by atoms with Crippen molar-refractivity contribution in [1.82, 2.24) is 4.98 Å². The van der Waals surface area contributed by atoms with Crippen molar-refractivity contribution in [2.45, 2.75) is 12.6 Å². The zero-order valence-electron chi connectivity index (χ0n) is 9.67. The minimum atomic E-state index is -0.0944. The van der Waals surface area contributed by atoms with Crippen LogP contribution in [0.4, 0.5) is 0 Å². The Bertz CT molecular complexity index is 482. The molecule has 0 bridgehead atoms. The van der Waals surface area contributed by atoms with E-state index >= 15 is 0 Å². The summed E-state index contributed by atoms with van der Waals surface area (Å²) < 4.78 is 5.55. The number of aromatic nitrogens is 1. The monoisotopic (exact) mass is 231 g/mol. The summed E-state index contributed by atoms with van der Waals surface area (Å²) in [7, 11) is 0. The van der Waals surface area contributed by atoms with Crippen molar-refractivity contribution < 1.29 is 4.74 Å². The summed E-state index contributed by atoms with van der Waals surface area (Å²) in [6.07, 6.45) is 1.80. The first-order valence-corrected chi connectivity index (χ1v) is 5.67. The molecule has 0 aliphatic heterocycles. The first kappa shape index (κ1) is 12.0. The Morgan fingerprint density at radius 2 is 2.06 bits per heavy atom. The Labute approximate surface area is 101 Å². The highest BCUT2D eigenvalue weighted by Gasteiger charge is 2.03. The maximum absolute atomic E-state index is 5.69. The summed E-state index contributed by atoms with van der Waals surface area (Å²) in [5, 5.41) is 1.12. The maximum atomic E-state index is 5.69. The molecule has 0 unspecified atom stereocenters. The van der Waals surface area contributed by atoms with E-state index in [1.54, 1.807) is 6.20 Å². The lowest BCUT2D eigenvalue weighted by Gasteiger charge is -2.10. The maximum Gasteiger partial charge on any atom is 0.0724 e. The van der Waals surface area contributed by atoms with E-state index in [0.29, 0.717) is 19.8 Å².